The van der Waals surface area contributed by atoms with E-state index in [1.54, 1.807) is 0 Å². The molecule has 0 aliphatic heterocycles. The zero-order valence-electron chi connectivity index (χ0n) is 15.1. The Morgan fingerprint density at radius 1 is 0.500 bits per heavy atom. The van der Waals surface area contributed by atoms with Crippen molar-refractivity contribution < 1.29 is 0 Å². The highest BCUT2D eigenvalue weighted by atomic mass is 14.9. The van der Waals surface area contributed by atoms with Crippen LogP contribution in [-0.4, -0.2) is 13.1 Å². The summed E-state index contributed by atoms with van der Waals surface area (Å²) in [5.74, 6) is 1.99. The Labute approximate surface area is 140 Å². The van der Waals surface area contributed by atoms with Crippen molar-refractivity contribution in [2.75, 3.05) is 13.1 Å². The molecule has 0 radical (unpaired) electrons. The van der Waals surface area contributed by atoms with E-state index < -0.39 is 0 Å². The first kappa shape index (κ1) is 18.3. The van der Waals surface area contributed by atoms with Gasteiger partial charge in [0.1, 0.15) is 0 Å². The maximum atomic E-state index is 3.82. The summed E-state index contributed by atoms with van der Waals surface area (Å²) in [7, 11) is 0. The summed E-state index contributed by atoms with van der Waals surface area (Å²) in [5.41, 5.74) is 0. The molecule has 2 saturated carbocycles. The molecule has 0 heterocycles. The van der Waals surface area contributed by atoms with Gasteiger partial charge in [0.05, 0.1) is 0 Å². The first-order valence-corrected chi connectivity index (χ1v) is 10.7. The molecule has 0 bridgehead atoms. The molecular formula is C21H41N. The zero-order chi connectivity index (χ0) is 15.3. The van der Waals surface area contributed by atoms with Crippen molar-refractivity contribution in [2.24, 2.45) is 11.8 Å². The van der Waals surface area contributed by atoms with Gasteiger partial charge >= 0.3 is 0 Å². The van der Waals surface area contributed by atoms with E-state index in [4.69, 9.17) is 0 Å². The lowest BCUT2D eigenvalue weighted by molar-refractivity contribution is 0.363. The predicted molar refractivity (Wildman–Crippen MR) is 98.3 cm³/mol. The van der Waals surface area contributed by atoms with Crippen LogP contribution >= 0.6 is 0 Å². The lowest BCUT2D eigenvalue weighted by atomic mass is 9.93. The normalized spacial score (nSPS) is 24.5. The molecule has 2 aliphatic rings. The van der Waals surface area contributed by atoms with E-state index in [1.165, 1.54) is 122 Å². The molecule has 0 unspecified atom stereocenters. The maximum absolute atomic E-state index is 3.82. The van der Waals surface area contributed by atoms with E-state index in [0.717, 1.165) is 11.8 Å². The summed E-state index contributed by atoms with van der Waals surface area (Å²) in [6, 6.07) is 0. The third-order valence-electron chi connectivity index (χ3n) is 6.11. The standard InChI is InChI=1S/C21H41N/c1-2-6-10-14-20(13-9-5-1)17-18-22-19-21-15-11-7-3-4-8-12-16-21/h20-22H,1-19H2. The van der Waals surface area contributed by atoms with Crippen LogP contribution in [0.1, 0.15) is 109 Å². The number of hydrogen-bond donors (Lipinski definition) is 1. The van der Waals surface area contributed by atoms with E-state index in [0.29, 0.717) is 0 Å². The van der Waals surface area contributed by atoms with Gasteiger partial charge in [0.2, 0.25) is 0 Å². The molecule has 0 saturated heterocycles. The van der Waals surface area contributed by atoms with Crippen LogP contribution in [0, 0.1) is 11.8 Å². The fraction of sp³-hybridized carbons (Fsp3) is 1.00. The van der Waals surface area contributed by atoms with Crippen LogP contribution in [0.15, 0.2) is 0 Å². The fourth-order valence-corrected chi connectivity index (χ4v) is 4.54. The zero-order valence-corrected chi connectivity index (χ0v) is 15.1. The van der Waals surface area contributed by atoms with Crippen LogP contribution in [0.4, 0.5) is 0 Å². The van der Waals surface area contributed by atoms with Gasteiger partial charge in [0.15, 0.2) is 0 Å². The summed E-state index contributed by atoms with van der Waals surface area (Å²) < 4.78 is 0. The first-order chi connectivity index (χ1) is 10.9. The molecule has 0 spiro atoms. The monoisotopic (exact) mass is 307 g/mol. The Morgan fingerprint density at radius 2 is 0.909 bits per heavy atom. The summed E-state index contributed by atoms with van der Waals surface area (Å²) >= 11 is 0. The first-order valence-electron chi connectivity index (χ1n) is 10.7. The second kappa shape index (κ2) is 12.4. The summed E-state index contributed by atoms with van der Waals surface area (Å²) in [6.45, 7) is 2.58. The Morgan fingerprint density at radius 3 is 1.41 bits per heavy atom. The average molecular weight is 308 g/mol. The highest BCUT2D eigenvalue weighted by Crippen LogP contribution is 2.24. The Hall–Kier alpha value is -0.0400. The molecule has 2 fully saturated rings. The summed E-state index contributed by atoms with van der Waals surface area (Å²) in [6.07, 6.45) is 25.3. The van der Waals surface area contributed by atoms with Crippen molar-refractivity contribution in [1.82, 2.24) is 5.32 Å². The Bertz CT molecular complexity index is 204. The van der Waals surface area contributed by atoms with Crippen LogP contribution in [0.2, 0.25) is 0 Å². The van der Waals surface area contributed by atoms with Gasteiger partial charge in [-0.3, -0.25) is 0 Å². The quantitative estimate of drug-likeness (QED) is 0.574. The smallest absolute Gasteiger partial charge is 0.00205 e. The molecule has 22 heavy (non-hydrogen) atoms. The minimum absolute atomic E-state index is 0.971. The van der Waals surface area contributed by atoms with Gasteiger partial charge in [-0.1, -0.05) is 89.9 Å². The molecule has 0 amide bonds. The van der Waals surface area contributed by atoms with E-state index >= 15 is 0 Å². The van der Waals surface area contributed by atoms with E-state index in [9.17, 15) is 0 Å². The van der Waals surface area contributed by atoms with Crippen LogP contribution in [0.25, 0.3) is 0 Å². The van der Waals surface area contributed by atoms with Gasteiger partial charge in [-0.2, -0.15) is 0 Å². The lowest BCUT2D eigenvalue weighted by Crippen LogP contribution is -2.25. The van der Waals surface area contributed by atoms with Crippen LogP contribution < -0.4 is 5.32 Å². The molecule has 0 aromatic carbocycles. The van der Waals surface area contributed by atoms with Gasteiger partial charge in [-0.15, -0.1) is 0 Å². The molecule has 130 valence electrons. The Balaban J connectivity index is 1.56. The maximum Gasteiger partial charge on any atom is -0.00205 e. The van der Waals surface area contributed by atoms with E-state index in [2.05, 4.69) is 5.32 Å². The molecule has 2 aliphatic carbocycles. The highest BCUT2D eigenvalue weighted by molar-refractivity contribution is 4.68. The number of hydrogen-bond acceptors (Lipinski definition) is 1. The predicted octanol–water partition coefficient (Wildman–Crippen LogP) is 6.47. The number of nitrogens with one attached hydrogen (secondary N) is 1. The largest absolute Gasteiger partial charge is 0.316 e. The van der Waals surface area contributed by atoms with Crippen molar-refractivity contribution in [3.63, 3.8) is 0 Å². The molecule has 0 aromatic rings. The molecule has 1 heteroatoms. The van der Waals surface area contributed by atoms with Crippen LogP contribution in [0.5, 0.6) is 0 Å². The van der Waals surface area contributed by atoms with Crippen molar-refractivity contribution in [2.45, 2.75) is 109 Å². The molecule has 2 rings (SSSR count). The van der Waals surface area contributed by atoms with Crippen molar-refractivity contribution >= 4 is 0 Å². The topological polar surface area (TPSA) is 12.0 Å². The highest BCUT2D eigenvalue weighted by Gasteiger charge is 2.12. The van der Waals surface area contributed by atoms with Crippen molar-refractivity contribution in [1.29, 1.82) is 0 Å². The van der Waals surface area contributed by atoms with Gasteiger partial charge in [0, 0.05) is 0 Å². The minimum atomic E-state index is 0.971. The van der Waals surface area contributed by atoms with E-state index in [1.807, 2.05) is 0 Å². The summed E-state index contributed by atoms with van der Waals surface area (Å²) in [5, 5.41) is 3.82. The van der Waals surface area contributed by atoms with Crippen LogP contribution in [-0.2, 0) is 0 Å². The lowest BCUT2D eigenvalue weighted by Gasteiger charge is -2.19. The summed E-state index contributed by atoms with van der Waals surface area (Å²) in [4.78, 5) is 0. The third-order valence-corrected chi connectivity index (χ3v) is 6.11. The second-order valence-corrected chi connectivity index (χ2v) is 8.12. The van der Waals surface area contributed by atoms with Gasteiger partial charge in [-0.05, 0) is 44.2 Å². The molecule has 1 N–H and O–H groups in total. The van der Waals surface area contributed by atoms with Crippen molar-refractivity contribution in [3.05, 3.63) is 0 Å². The molecular weight excluding hydrogens is 266 g/mol. The van der Waals surface area contributed by atoms with Gasteiger partial charge in [-0.25, -0.2) is 0 Å². The van der Waals surface area contributed by atoms with Crippen molar-refractivity contribution in [3.8, 4) is 0 Å². The minimum Gasteiger partial charge on any atom is -0.316 e. The molecule has 1 nitrogen and oxygen atoms in total. The number of rotatable bonds is 5. The molecule has 0 atom stereocenters. The van der Waals surface area contributed by atoms with Gasteiger partial charge in [0.25, 0.3) is 0 Å². The average Bonchev–Trinajstić information content (AvgIpc) is 2.75. The third kappa shape index (κ3) is 8.56. The van der Waals surface area contributed by atoms with Gasteiger partial charge < -0.3 is 5.32 Å². The second-order valence-electron chi connectivity index (χ2n) is 8.12. The van der Waals surface area contributed by atoms with Crippen LogP contribution in [0.3, 0.4) is 0 Å². The fourth-order valence-electron chi connectivity index (χ4n) is 4.54. The molecule has 0 aromatic heterocycles. The van der Waals surface area contributed by atoms with E-state index in [-0.39, 0.29) is 0 Å². The SMILES string of the molecule is C1CCCCC(CCNCC2CCCCCCCC2)CCC1. The Kier molecular flexibility index (Phi) is 10.3.